The lowest BCUT2D eigenvalue weighted by Crippen LogP contribution is -1.95. The second-order valence-electron chi connectivity index (χ2n) is 3.81. The van der Waals surface area contributed by atoms with Gasteiger partial charge in [0.1, 0.15) is 5.82 Å². The Morgan fingerprint density at radius 1 is 1.06 bits per heavy atom. The summed E-state index contributed by atoms with van der Waals surface area (Å²) in [7, 11) is 0. The van der Waals surface area contributed by atoms with E-state index in [0.717, 1.165) is 16.7 Å². The molecule has 2 rings (SSSR count). The Bertz CT molecular complexity index is 494. The molecule has 3 heteroatoms. The van der Waals surface area contributed by atoms with Crippen LogP contribution in [0.4, 0.5) is 4.39 Å². The molecule has 2 aromatic rings. The summed E-state index contributed by atoms with van der Waals surface area (Å²) in [5.41, 5.74) is 9.25. The minimum Gasteiger partial charge on any atom is -0.326 e. The Hall–Kier alpha value is -1.38. The van der Waals surface area contributed by atoms with Gasteiger partial charge in [-0.25, -0.2) is 4.39 Å². The molecule has 0 aliphatic rings. The third kappa shape index (κ3) is 2.84. The number of rotatable bonds is 2. The molecule has 0 fully saturated rings. The normalized spacial score (nSPS) is 9.82. The molecule has 90 valence electrons. The molecule has 0 aliphatic carbocycles. The third-order valence-electron chi connectivity index (χ3n) is 2.77. The summed E-state index contributed by atoms with van der Waals surface area (Å²) in [5.74, 6) is -0.166. The lowest BCUT2D eigenvalue weighted by atomic mass is 9.99. The molecule has 2 aromatic carbocycles. The monoisotopic (exact) mass is 251 g/mol. The first-order chi connectivity index (χ1) is 7.72. The van der Waals surface area contributed by atoms with E-state index in [2.05, 4.69) is 0 Å². The van der Waals surface area contributed by atoms with Crippen molar-refractivity contribution in [2.45, 2.75) is 13.5 Å². The Morgan fingerprint density at radius 3 is 2.29 bits per heavy atom. The highest BCUT2D eigenvalue weighted by Crippen LogP contribution is 2.25. The third-order valence-corrected chi connectivity index (χ3v) is 2.77. The summed E-state index contributed by atoms with van der Waals surface area (Å²) < 4.78 is 13.4. The molecule has 0 atom stereocenters. The van der Waals surface area contributed by atoms with E-state index in [1.807, 2.05) is 30.3 Å². The number of benzene rings is 2. The van der Waals surface area contributed by atoms with E-state index >= 15 is 0 Å². The van der Waals surface area contributed by atoms with E-state index < -0.39 is 0 Å². The van der Waals surface area contributed by atoms with Crippen molar-refractivity contribution in [2.75, 3.05) is 0 Å². The van der Waals surface area contributed by atoms with Gasteiger partial charge in [0.15, 0.2) is 0 Å². The van der Waals surface area contributed by atoms with Crippen molar-refractivity contribution >= 4 is 12.4 Å². The van der Waals surface area contributed by atoms with Gasteiger partial charge in [-0.05, 0) is 35.2 Å². The number of nitrogens with two attached hydrogens (primary N) is 1. The summed E-state index contributed by atoms with van der Waals surface area (Å²) >= 11 is 0. The number of hydrogen-bond acceptors (Lipinski definition) is 1. The van der Waals surface area contributed by atoms with Crippen LogP contribution in [0.1, 0.15) is 11.1 Å². The van der Waals surface area contributed by atoms with Gasteiger partial charge in [0, 0.05) is 6.54 Å². The highest BCUT2D eigenvalue weighted by molar-refractivity contribution is 5.85. The molecule has 0 spiro atoms. The van der Waals surface area contributed by atoms with Crippen LogP contribution < -0.4 is 5.73 Å². The number of halogens is 2. The van der Waals surface area contributed by atoms with E-state index in [4.69, 9.17) is 5.73 Å². The minimum atomic E-state index is -0.166. The van der Waals surface area contributed by atoms with Gasteiger partial charge in [-0.1, -0.05) is 36.4 Å². The van der Waals surface area contributed by atoms with Crippen LogP contribution in [0.2, 0.25) is 0 Å². The summed E-state index contributed by atoms with van der Waals surface area (Å²) in [4.78, 5) is 0. The van der Waals surface area contributed by atoms with Crippen molar-refractivity contribution in [3.8, 4) is 11.1 Å². The molecular weight excluding hydrogens is 237 g/mol. The smallest absolute Gasteiger partial charge is 0.126 e. The average Bonchev–Trinajstić information content (AvgIpc) is 2.33. The second-order valence-corrected chi connectivity index (χ2v) is 3.81. The Balaban J connectivity index is 0.00000144. The van der Waals surface area contributed by atoms with Crippen molar-refractivity contribution in [3.05, 3.63) is 59.4 Å². The fourth-order valence-electron chi connectivity index (χ4n) is 1.74. The zero-order valence-corrected chi connectivity index (χ0v) is 10.4. The second kappa shape index (κ2) is 5.80. The standard InChI is InChI=1S/C14H14FN.ClH/c1-10-13(3-2-4-14(10)15)12-7-5-11(9-16)6-8-12;/h2-8H,9,16H2,1H3;1H. The van der Waals surface area contributed by atoms with Gasteiger partial charge >= 0.3 is 0 Å². The maximum absolute atomic E-state index is 13.4. The largest absolute Gasteiger partial charge is 0.326 e. The van der Waals surface area contributed by atoms with Crippen molar-refractivity contribution in [1.29, 1.82) is 0 Å². The van der Waals surface area contributed by atoms with E-state index in [9.17, 15) is 4.39 Å². The molecule has 0 aliphatic heterocycles. The summed E-state index contributed by atoms with van der Waals surface area (Å²) in [6.07, 6.45) is 0. The molecule has 2 N–H and O–H groups in total. The lowest BCUT2D eigenvalue weighted by molar-refractivity contribution is 0.619. The van der Waals surface area contributed by atoms with Crippen LogP contribution in [0.5, 0.6) is 0 Å². The fraction of sp³-hybridized carbons (Fsp3) is 0.143. The molecule has 0 saturated carbocycles. The first kappa shape index (κ1) is 13.7. The van der Waals surface area contributed by atoms with Crippen molar-refractivity contribution in [3.63, 3.8) is 0 Å². The SMILES string of the molecule is Cc1c(F)cccc1-c1ccc(CN)cc1.Cl. The van der Waals surface area contributed by atoms with Crippen LogP contribution in [0, 0.1) is 12.7 Å². The molecule has 0 radical (unpaired) electrons. The average molecular weight is 252 g/mol. The molecular formula is C14H15ClFN. The van der Waals surface area contributed by atoms with Crippen LogP contribution in [0.3, 0.4) is 0 Å². The van der Waals surface area contributed by atoms with Crippen LogP contribution in [0.15, 0.2) is 42.5 Å². The first-order valence-electron chi connectivity index (χ1n) is 5.27. The number of hydrogen-bond donors (Lipinski definition) is 1. The van der Waals surface area contributed by atoms with Gasteiger partial charge in [-0.15, -0.1) is 12.4 Å². The maximum Gasteiger partial charge on any atom is 0.126 e. The molecule has 17 heavy (non-hydrogen) atoms. The fourth-order valence-corrected chi connectivity index (χ4v) is 1.74. The molecule has 0 amide bonds. The molecule has 0 heterocycles. The maximum atomic E-state index is 13.4. The predicted molar refractivity (Wildman–Crippen MR) is 71.7 cm³/mol. The van der Waals surface area contributed by atoms with Crippen LogP contribution in [0.25, 0.3) is 11.1 Å². The summed E-state index contributed by atoms with van der Waals surface area (Å²) in [6.45, 7) is 2.32. The van der Waals surface area contributed by atoms with Gasteiger partial charge in [0.2, 0.25) is 0 Å². The van der Waals surface area contributed by atoms with Crippen LogP contribution in [-0.2, 0) is 6.54 Å². The molecule has 0 unspecified atom stereocenters. The quantitative estimate of drug-likeness (QED) is 0.866. The van der Waals surface area contributed by atoms with Gasteiger partial charge in [-0.3, -0.25) is 0 Å². The molecule has 0 saturated heterocycles. The van der Waals surface area contributed by atoms with Crippen molar-refractivity contribution < 1.29 is 4.39 Å². The first-order valence-corrected chi connectivity index (χ1v) is 5.27. The van der Waals surface area contributed by atoms with Gasteiger partial charge in [0.25, 0.3) is 0 Å². The molecule has 1 nitrogen and oxygen atoms in total. The Morgan fingerprint density at radius 2 is 1.71 bits per heavy atom. The van der Waals surface area contributed by atoms with Crippen molar-refractivity contribution in [2.24, 2.45) is 5.73 Å². The van der Waals surface area contributed by atoms with Gasteiger partial charge in [-0.2, -0.15) is 0 Å². The van der Waals surface area contributed by atoms with E-state index in [1.165, 1.54) is 6.07 Å². The van der Waals surface area contributed by atoms with Gasteiger partial charge < -0.3 is 5.73 Å². The zero-order valence-electron chi connectivity index (χ0n) is 9.61. The lowest BCUT2D eigenvalue weighted by Gasteiger charge is -2.07. The highest BCUT2D eigenvalue weighted by Gasteiger charge is 2.05. The van der Waals surface area contributed by atoms with Crippen LogP contribution in [-0.4, -0.2) is 0 Å². The predicted octanol–water partition coefficient (Wildman–Crippen LogP) is 3.68. The summed E-state index contributed by atoms with van der Waals surface area (Å²) in [6, 6.07) is 13.0. The minimum absolute atomic E-state index is 0. The van der Waals surface area contributed by atoms with E-state index in [1.54, 1.807) is 13.0 Å². The molecule has 0 aromatic heterocycles. The van der Waals surface area contributed by atoms with Gasteiger partial charge in [0.05, 0.1) is 0 Å². The Labute approximate surface area is 107 Å². The van der Waals surface area contributed by atoms with Crippen molar-refractivity contribution in [1.82, 2.24) is 0 Å². The van der Waals surface area contributed by atoms with E-state index in [-0.39, 0.29) is 18.2 Å². The zero-order chi connectivity index (χ0) is 11.5. The summed E-state index contributed by atoms with van der Waals surface area (Å²) in [5, 5.41) is 0. The topological polar surface area (TPSA) is 26.0 Å². The Kier molecular flexibility index (Phi) is 4.67. The molecule has 0 bridgehead atoms. The van der Waals surface area contributed by atoms with Crippen LogP contribution >= 0.6 is 12.4 Å². The van der Waals surface area contributed by atoms with E-state index in [0.29, 0.717) is 12.1 Å². The highest BCUT2D eigenvalue weighted by atomic mass is 35.5.